The fourth-order valence-corrected chi connectivity index (χ4v) is 2.30. The number of amides is 1. The third-order valence-electron chi connectivity index (χ3n) is 2.79. The zero-order chi connectivity index (χ0) is 16.4. The van der Waals surface area contributed by atoms with Gasteiger partial charge in [-0.25, -0.2) is 4.39 Å². The lowest BCUT2D eigenvalue weighted by atomic mass is 10.3. The van der Waals surface area contributed by atoms with E-state index < -0.39 is 16.6 Å². The van der Waals surface area contributed by atoms with Crippen LogP contribution in [0.4, 0.5) is 15.9 Å². The SMILES string of the molecule is Cc1c(Br)c([N+](=O)[O-])nn1CC(=O)Nc1ccc(F)c(Cl)c1. The highest BCUT2D eigenvalue weighted by atomic mass is 79.9. The van der Waals surface area contributed by atoms with E-state index in [4.69, 9.17) is 11.6 Å². The van der Waals surface area contributed by atoms with E-state index in [1.54, 1.807) is 6.92 Å². The molecule has 0 aliphatic heterocycles. The number of hydrogen-bond acceptors (Lipinski definition) is 4. The highest BCUT2D eigenvalue weighted by molar-refractivity contribution is 9.10. The Kier molecular flexibility index (Phi) is 4.77. The van der Waals surface area contributed by atoms with Gasteiger partial charge in [0.15, 0.2) is 0 Å². The molecule has 0 aliphatic carbocycles. The maximum absolute atomic E-state index is 13.0. The summed E-state index contributed by atoms with van der Waals surface area (Å²) < 4.78 is 14.4. The molecule has 2 rings (SSSR count). The maximum atomic E-state index is 13.0. The lowest BCUT2D eigenvalue weighted by molar-refractivity contribution is -0.390. The third kappa shape index (κ3) is 3.42. The molecule has 0 aliphatic rings. The average Bonchev–Trinajstić information content (AvgIpc) is 2.71. The summed E-state index contributed by atoms with van der Waals surface area (Å²) in [6, 6.07) is 3.75. The first-order valence-electron chi connectivity index (χ1n) is 5.91. The molecule has 0 bridgehead atoms. The Labute approximate surface area is 137 Å². The van der Waals surface area contributed by atoms with Crippen LogP contribution in [0.2, 0.25) is 5.02 Å². The van der Waals surface area contributed by atoms with Gasteiger partial charge < -0.3 is 15.4 Å². The summed E-state index contributed by atoms with van der Waals surface area (Å²) in [6.45, 7) is 1.36. The van der Waals surface area contributed by atoms with Gasteiger partial charge in [-0.2, -0.15) is 4.68 Å². The highest BCUT2D eigenvalue weighted by Gasteiger charge is 2.24. The highest BCUT2D eigenvalue weighted by Crippen LogP contribution is 2.27. The molecular formula is C12H9BrClFN4O3. The predicted molar refractivity (Wildman–Crippen MR) is 81.4 cm³/mol. The molecule has 2 aromatic rings. The van der Waals surface area contributed by atoms with Crippen molar-refractivity contribution < 1.29 is 14.1 Å². The summed E-state index contributed by atoms with van der Waals surface area (Å²) in [7, 11) is 0. The van der Waals surface area contributed by atoms with E-state index in [0.29, 0.717) is 11.4 Å². The Morgan fingerprint density at radius 2 is 2.27 bits per heavy atom. The standard InChI is InChI=1S/C12H9BrClFN4O3/c1-6-11(13)12(19(21)22)17-18(6)5-10(20)16-7-2-3-9(15)8(14)4-7/h2-4H,5H2,1H3,(H,16,20). The first-order chi connectivity index (χ1) is 10.3. The molecule has 7 nitrogen and oxygen atoms in total. The average molecular weight is 392 g/mol. The number of aromatic nitrogens is 2. The van der Waals surface area contributed by atoms with Gasteiger partial charge in [0.05, 0.1) is 15.8 Å². The van der Waals surface area contributed by atoms with Crippen LogP contribution in [0.3, 0.4) is 0 Å². The van der Waals surface area contributed by atoms with Crippen molar-refractivity contribution in [1.82, 2.24) is 9.78 Å². The monoisotopic (exact) mass is 390 g/mol. The van der Waals surface area contributed by atoms with Crippen LogP contribution in [0.5, 0.6) is 0 Å². The second-order valence-electron chi connectivity index (χ2n) is 4.31. The molecule has 1 N–H and O–H groups in total. The van der Waals surface area contributed by atoms with E-state index >= 15 is 0 Å². The summed E-state index contributed by atoms with van der Waals surface area (Å²) in [5.74, 6) is -1.44. The molecule has 1 amide bonds. The Morgan fingerprint density at radius 3 is 2.82 bits per heavy atom. The predicted octanol–water partition coefficient (Wildman–Crippen LogP) is 3.29. The molecule has 0 unspecified atom stereocenters. The Balaban J connectivity index is 2.14. The first-order valence-corrected chi connectivity index (χ1v) is 7.09. The van der Waals surface area contributed by atoms with Gasteiger partial charge in [0.1, 0.15) is 16.8 Å². The fraction of sp³-hybridized carbons (Fsp3) is 0.167. The minimum Gasteiger partial charge on any atom is -0.358 e. The number of carbonyl (C=O) groups is 1. The summed E-state index contributed by atoms with van der Waals surface area (Å²) in [5.41, 5.74) is 0.758. The molecule has 10 heteroatoms. The number of nitro groups is 1. The first kappa shape index (κ1) is 16.4. The number of hydrogen-bond donors (Lipinski definition) is 1. The molecule has 116 valence electrons. The number of rotatable bonds is 4. The zero-order valence-electron chi connectivity index (χ0n) is 11.1. The van der Waals surface area contributed by atoms with E-state index in [1.165, 1.54) is 16.8 Å². The van der Waals surface area contributed by atoms with Crippen LogP contribution in [-0.2, 0) is 11.3 Å². The van der Waals surface area contributed by atoms with Gasteiger partial charge in [0.2, 0.25) is 5.91 Å². The molecule has 0 saturated carbocycles. The van der Waals surface area contributed by atoms with E-state index in [0.717, 1.165) is 6.07 Å². The minimum absolute atomic E-state index is 0.119. The lowest BCUT2D eigenvalue weighted by Gasteiger charge is -2.05. The van der Waals surface area contributed by atoms with Gasteiger partial charge in [-0.1, -0.05) is 11.6 Å². The number of nitrogens with zero attached hydrogens (tertiary/aromatic N) is 3. The molecule has 1 heterocycles. The van der Waals surface area contributed by atoms with Crippen molar-refractivity contribution >= 4 is 44.9 Å². The number of anilines is 1. The van der Waals surface area contributed by atoms with Crippen LogP contribution in [0.1, 0.15) is 5.69 Å². The third-order valence-corrected chi connectivity index (χ3v) is 4.00. The van der Waals surface area contributed by atoms with Gasteiger partial charge in [0.25, 0.3) is 0 Å². The van der Waals surface area contributed by atoms with Crippen molar-refractivity contribution in [3.8, 4) is 0 Å². The largest absolute Gasteiger partial charge is 0.404 e. The van der Waals surface area contributed by atoms with Crippen LogP contribution in [0.25, 0.3) is 0 Å². The number of benzene rings is 1. The molecule has 0 saturated heterocycles. The quantitative estimate of drug-likeness (QED) is 0.639. The summed E-state index contributed by atoms with van der Waals surface area (Å²) in [4.78, 5) is 22.1. The van der Waals surface area contributed by atoms with Crippen molar-refractivity contribution in [3.63, 3.8) is 0 Å². The van der Waals surface area contributed by atoms with Gasteiger partial charge >= 0.3 is 5.82 Å². The van der Waals surface area contributed by atoms with E-state index in [9.17, 15) is 19.3 Å². The second-order valence-corrected chi connectivity index (χ2v) is 5.52. The van der Waals surface area contributed by atoms with Crippen molar-refractivity contribution in [2.75, 3.05) is 5.32 Å². The van der Waals surface area contributed by atoms with E-state index in [1.807, 2.05) is 0 Å². The molecule has 0 spiro atoms. The Hall–Kier alpha value is -2.00. The number of nitrogens with one attached hydrogen (secondary N) is 1. The summed E-state index contributed by atoms with van der Waals surface area (Å²) in [6.07, 6.45) is 0. The fourth-order valence-electron chi connectivity index (χ4n) is 1.69. The van der Waals surface area contributed by atoms with Gasteiger partial charge in [-0.15, -0.1) is 0 Å². The molecule has 22 heavy (non-hydrogen) atoms. The van der Waals surface area contributed by atoms with Crippen LogP contribution in [0.15, 0.2) is 22.7 Å². The summed E-state index contributed by atoms with van der Waals surface area (Å²) in [5, 5.41) is 16.9. The van der Waals surface area contributed by atoms with Gasteiger partial charge in [-0.3, -0.25) is 4.79 Å². The van der Waals surface area contributed by atoms with Gasteiger partial charge in [-0.05, 0) is 46.0 Å². The Morgan fingerprint density at radius 1 is 1.59 bits per heavy atom. The van der Waals surface area contributed by atoms with Crippen LogP contribution in [0, 0.1) is 22.9 Å². The van der Waals surface area contributed by atoms with Crippen molar-refractivity contribution in [1.29, 1.82) is 0 Å². The normalized spacial score (nSPS) is 10.5. The maximum Gasteiger partial charge on any atom is 0.404 e. The second kappa shape index (κ2) is 6.41. The van der Waals surface area contributed by atoms with Crippen molar-refractivity contribution in [3.05, 3.63) is 49.3 Å². The zero-order valence-corrected chi connectivity index (χ0v) is 13.5. The topological polar surface area (TPSA) is 90.1 Å². The van der Waals surface area contributed by atoms with Crippen LogP contribution >= 0.6 is 27.5 Å². The molecular weight excluding hydrogens is 383 g/mol. The molecule has 1 aromatic heterocycles. The molecule has 1 aromatic carbocycles. The Bertz CT molecular complexity index is 765. The lowest BCUT2D eigenvalue weighted by Crippen LogP contribution is -2.20. The van der Waals surface area contributed by atoms with Crippen molar-refractivity contribution in [2.45, 2.75) is 13.5 Å². The van der Waals surface area contributed by atoms with Crippen molar-refractivity contribution in [2.24, 2.45) is 0 Å². The molecule has 0 fully saturated rings. The van der Waals surface area contributed by atoms with E-state index in [2.05, 4.69) is 26.3 Å². The number of halogens is 3. The van der Waals surface area contributed by atoms with Crippen LogP contribution < -0.4 is 5.32 Å². The molecule has 0 atom stereocenters. The summed E-state index contributed by atoms with van der Waals surface area (Å²) >= 11 is 8.68. The van der Waals surface area contributed by atoms with Gasteiger partial charge in [0, 0.05) is 5.69 Å². The van der Waals surface area contributed by atoms with E-state index in [-0.39, 0.29) is 21.9 Å². The van der Waals surface area contributed by atoms with Crippen LogP contribution in [-0.4, -0.2) is 20.6 Å². The number of carbonyl (C=O) groups excluding carboxylic acids is 1. The smallest absolute Gasteiger partial charge is 0.358 e. The minimum atomic E-state index is -0.648. The molecule has 0 radical (unpaired) electrons.